The van der Waals surface area contributed by atoms with Gasteiger partial charge in [-0.25, -0.2) is 4.21 Å². The number of aromatic nitrogens is 1. The number of amides is 2. The van der Waals surface area contributed by atoms with Crippen LogP contribution in [0.25, 0.3) is 0 Å². The molecule has 0 saturated heterocycles. The van der Waals surface area contributed by atoms with Crippen molar-refractivity contribution in [2.24, 2.45) is 22.1 Å². The molecule has 0 radical (unpaired) electrons. The number of aryl methyl sites for hydroxylation is 2. The third-order valence-corrected chi connectivity index (χ3v) is 13.1. The van der Waals surface area contributed by atoms with E-state index in [-0.39, 0.29) is 34.8 Å². The summed E-state index contributed by atoms with van der Waals surface area (Å²) in [6, 6.07) is 13.0. The van der Waals surface area contributed by atoms with Crippen molar-refractivity contribution >= 4 is 44.9 Å². The number of nitrogens with one attached hydrogen (secondary N) is 1. The number of ether oxygens (including phenoxy) is 2. The summed E-state index contributed by atoms with van der Waals surface area (Å²) < 4.78 is 35.5. The van der Waals surface area contributed by atoms with Gasteiger partial charge < -0.3 is 14.4 Å². The first-order valence-corrected chi connectivity index (χ1v) is 20.5. The van der Waals surface area contributed by atoms with Gasteiger partial charge in [-0.05, 0) is 117 Å². The lowest BCUT2D eigenvalue weighted by atomic mass is 9.70. The van der Waals surface area contributed by atoms with E-state index in [0.717, 1.165) is 50.0 Å². The van der Waals surface area contributed by atoms with Crippen LogP contribution in [0.5, 0.6) is 5.75 Å². The molecule has 1 aliphatic carbocycles. The number of nitrogens with zero attached hydrogens (tertiary/aromatic N) is 3. The van der Waals surface area contributed by atoms with Crippen molar-refractivity contribution in [2.45, 2.75) is 77.4 Å². The Kier molecular flexibility index (Phi) is 10.9. The normalized spacial score (nSPS) is 27.3. The fraction of sp³-hybridized carbons (Fsp3) is 0.475. The summed E-state index contributed by atoms with van der Waals surface area (Å²) in [5, 5.41) is 0.705. The van der Waals surface area contributed by atoms with Gasteiger partial charge in [0.15, 0.2) is 0 Å². The zero-order valence-electron chi connectivity index (χ0n) is 29.9. The fourth-order valence-electron chi connectivity index (χ4n) is 7.98. The number of allylic oxidation sites excluding steroid dienone is 1. The highest BCUT2D eigenvalue weighted by Gasteiger charge is 2.38. The van der Waals surface area contributed by atoms with Gasteiger partial charge in [0.1, 0.15) is 15.7 Å². The second kappa shape index (κ2) is 15.6. The van der Waals surface area contributed by atoms with E-state index in [4.69, 9.17) is 21.1 Å². The third-order valence-electron chi connectivity index (χ3n) is 10.9. The van der Waals surface area contributed by atoms with E-state index in [1.54, 1.807) is 31.4 Å². The molecular formula is C40H47ClN4O6S. The summed E-state index contributed by atoms with van der Waals surface area (Å²) in [7, 11) is -1.86. The number of carbonyl (C=O) groups is 3. The molecule has 10 nitrogen and oxygen atoms in total. The Morgan fingerprint density at radius 2 is 1.90 bits per heavy atom. The van der Waals surface area contributed by atoms with E-state index in [9.17, 15) is 18.6 Å². The van der Waals surface area contributed by atoms with Gasteiger partial charge in [0.25, 0.3) is 11.8 Å². The maximum absolute atomic E-state index is 14.6. The average Bonchev–Trinajstić information content (AvgIpc) is 3.54. The molecule has 276 valence electrons. The standard InChI is InChI=1S/C40H47ClN4O6S/c1-26-7-5-10-36(50-2)34-16-13-30(34)23-44-22-29-12-15-32(41)19-27(29)8-3-4-18-51-37-17-14-28(21-35(37)44)39(47)42-52(49,25-26)43-40(48)31-20-33-9-6-11-38(46)45(33)24-31/h5,10,12,14-15,17,19-21,24,26,30,34,36H,3-4,6-9,11,13,16,18,22-23,25H2,1-2H3,(H,42,43,47,48,49)/b10-5+/t26-,30-,34+,36-,52?/m0/s1. The third kappa shape index (κ3) is 8.01. The largest absolute Gasteiger partial charge is 0.491 e. The molecule has 1 unspecified atom stereocenters. The van der Waals surface area contributed by atoms with Crippen LogP contribution >= 0.6 is 11.6 Å². The number of hydrogen-bond donors (Lipinski definition) is 1. The van der Waals surface area contributed by atoms with Gasteiger partial charge in [-0.2, -0.15) is 0 Å². The number of hydrogen-bond acceptors (Lipinski definition) is 7. The first-order chi connectivity index (χ1) is 25.1. The zero-order valence-corrected chi connectivity index (χ0v) is 31.4. The Labute approximate surface area is 311 Å². The lowest BCUT2D eigenvalue weighted by Crippen LogP contribution is -2.43. The summed E-state index contributed by atoms with van der Waals surface area (Å²) in [6.07, 6.45) is 12.7. The van der Waals surface area contributed by atoms with Crippen LogP contribution in [-0.4, -0.2) is 58.6 Å². The summed E-state index contributed by atoms with van der Waals surface area (Å²) in [6.45, 7) is 3.76. The van der Waals surface area contributed by atoms with Crippen molar-refractivity contribution in [3.63, 3.8) is 0 Å². The lowest BCUT2D eigenvalue weighted by Gasteiger charge is -2.43. The number of methoxy groups -OCH3 is 1. The minimum Gasteiger partial charge on any atom is -0.491 e. The molecular weight excluding hydrogens is 700 g/mol. The zero-order chi connectivity index (χ0) is 36.4. The van der Waals surface area contributed by atoms with Gasteiger partial charge in [0.05, 0.1) is 29.7 Å². The van der Waals surface area contributed by atoms with Crippen LogP contribution in [-0.2, 0) is 34.0 Å². The maximum atomic E-state index is 14.6. The minimum atomic E-state index is -3.60. The smallest absolute Gasteiger partial charge is 0.286 e. The second-order valence-electron chi connectivity index (χ2n) is 14.7. The van der Waals surface area contributed by atoms with Gasteiger partial charge in [-0.3, -0.25) is 23.7 Å². The predicted octanol–water partition coefficient (Wildman–Crippen LogP) is 7.43. The number of fused-ring (bicyclic) bond motifs is 4. The number of benzene rings is 2. The Morgan fingerprint density at radius 3 is 2.69 bits per heavy atom. The molecule has 0 spiro atoms. The van der Waals surface area contributed by atoms with Gasteiger partial charge >= 0.3 is 0 Å². The first kappa shape index (κ1) is 36.4. The molecule has 3 aromatic rings. The molecule has 7 rings (SSSR count). The van der Waals surface area contributed by atoms with E-state index in [1.807, 2.05) is 13.0 Å². The topological polar surface area (TPSA) is 119 Å². The highest BCUT2D eigenvalue weighted by molar-refractivity contribution is 7.92. The molecule has 1 fully saturated rings. The summed E-state index contributed by atoms with van der Waals surface area (Å²) >= 11 is 6.47. The molecule has 1 saturated carbocycles. The summed E-state index contributed by atoms with van der Waals surface area (Å²) in [4.78, 5) is 42.4. The molecule has 5 atom stereocenters. The number of rotatable bonds is 3. The Bertz CT molecular complexity index is 2020. The van der Waals surface area contributed by atoms with E-state index < -0.39 is 21.7 Å². The quantitative estimate of drug-likeness (QED) is 0.277. The Balaban J connectivity index is 1.30. The molecule has 1 N–H and O–H groups in total. The van der Waals surface area contributed by atoms with Gasteiger partial charge in [-0.15, -0.1) is 4.36 Å². The van der Waals surface area contributed by atoms with E-state index in [1.165, 1.54) is 21.9 Å². The number of carbonyl (C=O) groups excluding carboxylic acids is 3. The molecule has 52 heavy (non-hydrogen) atoms. The SMILES string of the molecule is CO[C@H]1/C=C/C[C@H](C)CS(=O)(NC(=O)c2cc3n(c2)C(=O)CCC3)=NC(=O)c2ccc3c(c2)N(Cc2ccc(Cl)cc2CCCCO3)C[C@@H]2CC[C@H]21. The maximum Gasteiger partial charge on any atom is 0.286 e. The summed E-state index contributed by atoms with van der Waals surface area (Å²) in [5.41, 5.74) is 4.34. The molecule has 2 aromatic carbocycles. The molecule has 2 bridgehead atoms. The van der Waals surface area contributed by atoms with Crippen molar-refractivity contribution in [1.29, 1.82) is 0 Å². The average molecular weight is 747 g/mol. The van der Waals surface area contributed by atoms with Crippen LogP contribution in [0.2, 0.25) is 5.02 Å². The monoisotopic (exact) mass is 746 g/mol. The van der Waals surface area contributed by atoms with Crippen LogP contribution in [0.4, 0.5) is 5.69 Å². The molecule has 1 aromatic heterocycles. The number of anilines is 1. The summed E-state index contributed by atoms with van der Waals surface area (Å²) in [5.74, 6) is -0.295. The molecule has 3 aliphatic heterocycles. The van der Waals surface area contributed by atoms with Crippen molar-refractivity contribution in [3.8, 4) is 5.75 Å². The van der Waals surface area contributed by atoms with E-state index in [0.29, 0.717) is 61.4 Å². The fourth-order valence-corrected chi connectivity index (χ4v) is 10.1. The Hall–Kier alpha value is -3.93. The van der Waals surface area contributed by atoms with Crippen molar-refractivity contribution < 1.29 is 28.1 Å². The molecule has 12 heteroatoms. The molecule has 4 heterocycles. The molecule has 4 aliphatic rings. The molecule has 2 amide bonds. The van der Waals surface area contributed by atoms with Crippen molar-refractivity contribution in [1.82, 2.24) is 9.29 Å². The highest BCUT2D eigenvalue weighted by atomic mass is 35.5. The first-order valence-electron chi connectivity index (χ1n) is 18.4. The van der Waals surface area contributed by atoms with Crippen LogP contribution in [0, 0.1) is 17.8 Å². The van der Waals surface area contributed by atoms with E-state index >= 15 is 0 Å². The highest BCUT2D eigenvalue weighted by Crippen LogP contribution is 2.42. The van der Waals surface area contributed by atoms with E-state index in [2.05, 4.69) is 38.3 Å². The predicted molar refractivity (Wildman–Crippen MR) is 203 cm³/mol. The van der Waals surface area contributed by atoms with Gasteiger partial charge in [-0.1, -0.05) is 36.7 Å². The van der Waals surface area contributed by atoms with Crippen LogP contribution in [0.15, 0.2) is 65.2 Å². The van der Waals surface area contributed by atoms with Crippen molar-refractivity contribution in [2.75, 3.05) is 30.9 Å². The van der Waals surface area contributed by atoms with Crippen molar-refractivity contribution in [3.05, 3.63) is 93.8 Å². The Morgan fingerprint density at radius 1 is 1.04 bits per heavy atom. The number of halogens is 1. The van der Waals surface area contributed by atoms with Gasteiger partial charge in [0, 0.05) is 49.1 Å². The van der Waals surface area contributed by atoms with Crippen LogP contribution in [0.1, 0.15) is 94.2 Å². The van der Waals surface area contributed by atoms with Crippen LogP contribution < -0.4 is 14.4 Å². The van der Waals surface area contributed by atoms with Gasteiger partial charge in [0.2, 0.25) is 5.91 Å². The van der Waals surface area contributed by atoms with Crippen LogP contribution in [0.3, 0.4) is 0 Å². The minimum absolute atomic E-state index is 0.0372. The lowest BCUT2D eigenvalue weighted by molar-refractivity contribution is 0.0133. The second-order valence-corrected chi connectivity index (χ2v) is 17.2.